The molecular weight excluding hydrogens is 192 g/mol. The summed E-state index contributed by atoms with van der Waals surface area (Å²) in [5, 5.41) is 3.10. The number of hydrogen-bond acceptors (Lipinski definition) is 5. The highest BCUT2D eigenvalue weighted by atomic mass is 16.5. The third-order valence-electron chi connectivity index (χ3n) is 1.82. The number of nitrogens with one attached hydrogen (secondary N) is 1. The van der Waals surface area contributed by atoms with Gasteiger partial charge in [-0.2, -0.15) is 0 Å². The van der Waals surface area contributed by atoms with E-state index in [1.807, 2.05) is 0 Å². The fourth-order valence-corrected chi connectivity index (χ4v) is 1.09. The average Bonchev–Trinajstić information content (AvgIpc) is 2.26. The highest BCUT2D eigenvalue weighted by molar-refractivity contribution is 5.44. The van der Waals surface area contributed by atoms with E-state index in [-0.39, 0.29) is 0 Å². The van der Waals surface area contributed by atoms with Gasteiger partial charge < -0.3 is 15.8 Å². The molecule has 3 N–H and O–H groups in total. The van der Waals surface area contributed by atoms with E-state index < -0.39 is 0 Å². The minimum absolute atomic E-state index is 0.429. The second-order valence-electron chi connectivity index (χ2n) is 2.78. The van der Waals surface area contributed by atoms with Crippen LogP contribution in [-0.2, 0) is 6.54 Å². The molecule has 5 nitrogen and oxygen atoms in total. The summed E-state index contributed by atoms with van der Waals surface area (Å²) < 4.78 is 5.08. The SMILES string of the molecule is CC#CCNCc1c(N)ncnc1OC. The first-order chi connectivity index (χ1) is 7.29. The van der Waals surface area contributed by atoms with Gasteiger partial charge in [0, 0.05) is 6.54 Å². The van der Waals surface area contributed by atoms with Crippen LogP contribution in [0, 0.1) is 11.8 Å². The fraction of sp³-hybridized carbons (Fsp3) is 0.400. The Morgan fingerprint density at radius 3 is 3.00 bits per heavy atom. The zero-order chi connectivity index (χ0) is 11.1. The Labute approximate surface area is 89.1 Å². The molecule has 0 saturated carbocycles. The van der Waals surface area contributed by atoms with Crippen molar-refractivity contribution in [2.24, 2.45) is 0 Å². The van der Waals surface area contributed by atoms with Crippen molar-refractivity contribution in [2.75, 3.05) is 19.4 Å². The number of nitrogens with zero attached hydrogens (tertiary/aromatic N) is 2. The first-order valence-electron chi connectivity index (χ1n) is 4.53. The predicted molar refractivity (Wildman–Crippen MR) is 58.2 cm³/mol. The van der Waals surface area contributed by atoms with Crippen LogP contribution in [0.2, 0.25) is 0 Å². The van der Waals surface area contributed by atoms with Crippen LogP contribution in [-0.4, -0.2) is 23.6 Å². The maximum Gasteiger partial charge on any atom is 0.222 e. The van der Waals surface area contributed by atoms with E-state index in [0.717, 1.165) is 5.56 Å². The van der Waals surface area contributed by atoms with Crippen LogP contribution < -0.4 is 15.8 Å². The molecule has 80 valence electrons. The van der Waals surface area contributed by atoms with E-state index in [1.54, 1.807) is 14.0 Å². The molecule has 15 heavy (non-hydrogen) atoms. The summed E-state index contributed by atoms with van der Waals surface area (Å²) in [7, 11) is 1.55. The van der Waals surface area contributed by atoms with Gasteiger partial charge >= 0.3 is 0 Å². The molecule has 1 rings (SSSR count). The normalized spacial score (nSPS) is 9.20. The number of nitrogens with two attached hydrogens (primary N) is 1. The molecule has 0 aliphatic rings. The summed E-state index contributed by atoms with van der Waals surface area (Å²) in [5.41, 5.74) is 6.47. The van der Waals surface area contributed by atoms with Crippen molar-refractivity contribution in [1.82, 2.24) is 15.3 Å². The molecule has 0 amide bonds. The standard InChI is InChI=1S/C10H14N4O/c1-3-4-5-12-6-8-9(11)13-7-14-10(8)15-2/h7,12H,5-6H2,1-2H3,(H2,11,13,14). The maximum atomic E-state index is 5.70. The third kappa shape index (κ3) is 3.11. The van der Waals surface area contributed by atoms with E-state index in [1.165, 1.54) is 6.33 Å². The Morgan fingerprint density at radius 1 is 1.53 bits per heavy atom. The fourth-order valence-electron chi connectivity index (χ4n) is 1.09. The lowest BCUT2D eigenvalue weighted by Gasteiger charge is -2.08. The van der Waals surface area contributed by atoms with Gasteiger partial charge in [-0.3, -0.25) is 0 Å². The molecule has 5 heteroatoms. The molecule has 1 aromatic heterocycles. The molecule has 0 atom stereocenters. The van der Waals surface area contributed by atoms with Crippen molar-refractivity contribution in [3.63, 3.8) is 0 Å². The average molecular weight is 206 g/mol. The lowest BCUT2D eigenvalue weighted by atomic mass is 10.3. The number of ether oxygens (including phenoxy) is 1. The van der Waals surface area contributed by atoms with Gasteiger partial charge in [0.2, 0.25) is 5.88 Å². The Kier molecular flexibility index (Phi) is 4.38. The van der Waals surface area contributed by atoms with Crippen molar-refractivity contribution in [2.45, 2.75) is 13.5 Å². The van der Waals surface area contributed by atoms with Gasteiger partial charge in [-0.1, -0.05) is 5.92 Å². The van der Waals surface area contributed by atoms with Gasteiger partial charge in [-0.15, -0.1) is 5.92 Å². The summed E-state index contributed by atoms with van der Waals surface area (Å²) in [6.07, 6.45) is 1.38. The molecule has 0 fully saturated rings. The topological polar surface area (TPSA) is 73.1 Å². The molecule has 1 heterocycles. The minimum atomic E-state index is 0.429. The summed E-state index contributed by atoms with van der Waals surface area (Å²) in [5.74, 6) is 6.61. The maximum absolute atomic E-state index is 5.70. The molecule has 0 aliphatic heterocycles. The lowest BCUT2D eigenvalue weighted by Crippen LogP contribution is -2.16. The quantitative estimate of drug-likeness (QED) is 0.543. The van der Waals surface area contributed by atoms with Gasteiger partial charge in [-0.05, 0) is 6.92 Å². The van der Waals surface area contributed by atoms with Gasteiger partial charge in [0.15, 0.2) is 0 Å². The Morgan fingerprint density at radius 2 is 2.33 bits per heavy atom. The predicted octanol–water partition coefficient (Wildman–Crippen LogP) is 0.180. The van der Waals surface area contributed by atoms with Gasteiger partial charge in [0.05, 0.1) is 19.2 Å². The number of nitrogen functional groups attached to an aromatic ring is 1. The third-order valence-corrected chi connectivity index (χ3v) is 1.82. The molecule has 0 aromatic carbocycles. The van der Waals surface area contributed by atoms with Gasteiger partial charge in [0.25, 0.3) is 0 Å². The molecule has 0 saturated heterocycles. The van der Waals surface area contributed by atoms with E-state index in [9.17, 15) is 0 Å². The Hall–Kier alpha value is -1.80. The highest BCUT2D eigenvalue weighted by Crippen LogP contribution is 2.18. The van der Waals surface area contributed by atoms with Crippen molar-refractivity contribution < 1.29 is 4.74 Å². The Bertz CT molecular complexity index is 381. The van der Waals surface area contributed by atoms with Crippen LogP contribution in [0.25, 0.3) is 0 Å². The summed E-state index contributed by atoms with van der Waals surface area (Å²) >= 11 is 0. The molecule has 1 aromatic rings. The smallest absolute Gasteiger partial charge is 0.222 e. The first kappa shape index (κ1) is 11.3. The summed E-state index contributed by atoms with van der Waals surface area (Å²) in [6.45, 7) is 2.95. The van der Waals surface area contributed by atoms with Crippen LogP contribution in [0.3, 0.4) is 0 Å². The van der Waals surface area contributed by atoms with Gasteiger partial charge in [0.1, 0.15) is 12.1 Å². The number of rotatable bonds is 4. The zero-order valence-electron chi connectivity index (χ0n) is 8.87. The highest BCUT2D eigenvalue weighted by Gasteiger charge is 2.08. The van der Waals surface area contributed by atoms with Crippen molar-refractivity contribution in [3.8, 4) is 17.7 Å². The van der Waals surface area contributed by atoms with Crippen LogP contribution in [0.4, 0.5) is 5.82 Å². The monoisotopic (exact) mass is 206 g/mol. The van der Waals surface area contributed by atoms with Crippen LogP contribution >= 0.6 is 0 Å². The minimum Gasteiger partial charge on any atom is -0.481 e. The largest absolute Gasteiger partial charge is 0.481 e. The zero-order valence-corrected chi connectivity index (χ0v) is 8.87. The Balaban J connectivity index is 2.68. The van der Waals surface area contributed by atoms with E-state index in [0.29, 0.717) is 24.8 Å². The van der Waals surface area contributed by atoms with Crippen molar-refractivity contribution in [1.29, 1.82) is 0 Å². The second-order valence-corrected chi connectivity index (χ2v) is 2.78. The molecule has 0 aliphatic carbocycles. The van der Waals surface area contributed by atoms with Gasteiger partial charge in [-0.25, -0.2) is 9.97 Å². The van der Waals surface area contributed by atoms with Crippen LogP contribution in [0.1, 0.15) is 12.5 Å². The number of anilines is 1. The first-order valence-corrected chi connectivity index (χ1v) is 4.53. The van der Waals surface area contributed by atoms with Crippen molar-refractivity contribution in [3.05, 3.63) is 11.9 Å². The molecular formula is C10H14N4O. The summed E-state index contributed by atoms with van der Waals surface area (Å²) in [6, 6.07) is 0. The van der Waals surface area contributed by atoms with Crippen LogP contribution in [0.5, 0.6) is 5.88 Å². The number of methoxy groups -OCH3 is 1. The lowest BCUT2D eigenvalue weighted by molar-refractivity contribution is 0.390. The van der Waals surface area contributed by atoms with E-state index in [2.05, 4.69) is 27.1 Å². The molecule has 0 bridgehead atoms. The number of hydrogen-bond donors (Lipinski definition) is 2. The molecule has 0 radical (unpaired) electrons. The van der Waals surface area contributed by atoms with E-state index >= 15 is 0 Å². The summed E-state index contributed by atoms with van der Waals surface area (Å²) in [4.78, 5) is 7.86. The van der Waals surface area contributed by atoms with Crippen LogP contribution in [0.15, 0.2) is 6.33 Å². The molecule has 0 unspecified atom stereocenters. The second kappa shape index (κ2) is 5.83. The number of aromatic nitrogens is 2. The van der Waals surface area contributed by atoms with E-state index in [4.69, 9.17) is 10.5 Å². The molecule has 0 spiro atoms. The van der Waals surface area contributed by atoms with Crippen molar-refractivity contribution >= 4 is 5.82 Å².